The van der Waals surface area contributed by atoms with Crippen molar-refractivity contribution in [1.29, 1.82) is 0 Å². The number of aromatic nitrogens is 3. The second kappa shape index (κ2) is 8.11. The van der Waals surface area contributed by atoms with Crippen LogP contribution in [0.25, 0.3) is 16.1 Å². The van der Waals surface area contributed by atoms with Crippen molar-refractivity contribution in [3.63, 3.8) is 0 Å². The number of aryl methyl sites for hydroxylation is 1. The predicted molar refractivity (Wildman–Crippen MR) is 98.5 cm³/mol. The highest BCUT2D eigenvalue weighted by Crippen LogP contribution is 2.35. The van der Waals surface area contributed by atoms with Gasteiger partial charge in [-0.15, -0.1) is 0 Å². The first kappa shape index (κ1) is 20.0. The van der Waals surface area contributed by atoms with Crippen LogP contribution in [0.4, 0.5) is 0 Å². The van der Waals surface area contributed by atoms with Crippen molar-refractivity contribution in [2.75, 3.05) is 6.61 Å². The van der Waals surface area contributed by atoms with Gasteiger partial charge in [-0.25, -0.2) is 9.67 Å². The minimum Gasteiger partial charge on any atom is -0.394 e. The molecule has 1 aliphatic heterocycles. The highest BCUT2D eigenvalue weighted by atomic mass is 79.9. The van der Waals surface area contributed by atoms with E-state index < -0.39 is 37.1 Å². The van der Waals surface area contributed by atoms with Crippen molar-refractivity contribution in [3.8, 4) is 5.69 Å². The molecular formula is C15H16BrClN6O4. The Balaban J connectivity index is 2.10. The number of benzene rings is 1. The van der Waals surface area contributed by atoms with Gasteiger partial charge < -0.3 is 20.1 Å². The summed E-state index contributed by atoms with van der Waals surface area (Å²) in [6.45, 7) is 1.13. The summed E-state index contributed by atoms with van der Waals surface area (Å²) in [5.41, 5.74) is 9.31. The lowest BCUT2D eigenvalue weighted by Gasteiger charge is -2.40. The van der Waals surface area contributed by atoms with Crippen molar-refractivity contribution in [2.45, 2.75) is 37.4 Å². The van der Waals surface area contributed by atoms with Gasteiger partial charge in [0.2, 0.25) is 0 Å². The van der Waals surface area contributed by atoms with E-state index in [1.165, 1.54) is 4.68 Å². The van der Waals surface area contributed by atoms with Gasteiger partial charge in [-0.1, -0.05) is 16.7 Å². The van der Waals surface area contributed by atoms with E-state index in [1.807, 2.05) is 0 Å². The Bertz CT molecular complexity index is 889. The Morgan fingerprint density at radius 1 is 1.41 bits per heavy atom. The maximum Gasteiger partial charge on any atom is 0.164 e. The molecule has 1 fully saturated rings. The summed E-state index contributed by atoms with van der Waals surface area (Å²) in [7, 11) is 0. The first-order valence-corrected chi connectivity index (χ1v) is 9.10. The van der Waals surface area contributed by atoms with Crippen LogP contribution in [0.5, 0.6) is 0 Å². The topological polar surface area (TPSA) is 149 Å². The summed E-state index contributed by atoms with van der Waals surface area (Å²) in [6.07, 6.45) is -4.94. The summed E-state index contributed by atoms with van der Waals surface area (Å²) in [4.78, 5) is 6.99. The van der Waals surface area contributed by atoms with Crippen LogP contribution in [0.3, 0.4) is 0 Å². The summed E-state index contributed by atoms with van der Waals surface area (Å²) in [5, 5.41) is 38.6. The van der Waals surface area contributed by atoms with E-state index in [1.54, 1.807) is 25.1 Å². The third kappa shape index (κ3) is 3.81. The van der Waals surface area contributed by atoms with Gasteiger partial charge in [-0.3, -0.25) is 0 Å². The maximum absolute atomic E-state index is 10.7. The average molecular weight is 460 g/mol. The largest absolute Gasteiger partial charge is 0.394 e. The zero-order valence-electron chi connectivity index (χ0n) is 14.0. The lowest BCUT2D eigenvalue weighted by molar-refractivity contribution is -0.193. The lowest BCUT2D eigenvalue weighted by atomic mass is 9.93. The van der Waals surface area contributed by atoms with Gasteiger partial charge in [-0.2, -0.15) is 5.10 Å². The van der Waals surface area contributed by atoms with Gasteiger partial charge in [0.05, 0.1) is 30.5 Å². The molecule has 10 nitrogen and oxygen atoms in total. The molecule has 5 atom stereocenters. The molecule has 0 radical (unpaired) electrons. The predicted octanol–water partition coefficient (Wildman–Crippen LogP) is 1.82. The molecule has 2 aromatic rings. The second-order valence-electron chi connectivity index (χ2n) is 5.98. The van der Waals surface area contributed by atoms with Gasteiger partial charge in [-0.05, 0) is 46.6 Å². The Morgan fingerprint density at radius 3 is 2.81 bits per heavy atom. The van der Waals surface area contributed by atoms with Crippen molar-refractivity contribution in [3.05, 3.63) is 49.8 Å². The molecule has 0 spiro atoms. The van der Waals surface area contributed by atoms with Gasteiger partial charge in [0.15, 0.2) is 5.82 Å². The van der Waals surface area contributed by atoms with Crippen molar-refractivity contribution in [1.82, 2.24) is 14.8 Å². The molecule has 0 amide bonds. The number of halogens is 2. The number of rotatable bonds is 4. The molecule has 2 heterocycles. The molecule has 3 N–H and O–H groups in total. The van der Waals surface area contributed by atoms with E-state index in [-0.39, 0.29) is 5.82 Å². The Kier molecular flexibility index (Phi) is 6.02. The number of aliphatic hydroxyl groups excluding tert-OH is 3. The monoisotopic (exact) mass is 458 g/mol. The number of nitrogens with zero attached hydrogens (tertiary/aromatic N) is 6. The molecule has 1 aromatic carbocycles. The zero-order chi connectivity index (χ0) is 19.7. The van der Waals surface area contributed by atoms with E-state index in [4.69, 9.17) is 21.9 Å². The molecule has 12 heteroatoms. The minimum absolute atomic E-state index is 0.214. The van der Waals surface area contributed by atoms with Crippen molar-refractivity contribution in [2.24, 2.45) is 5.11 Å². The number of hydrogen-bond donors (Lipinski definition) is 3. The van der Waals surface area contributed by atoms with Gasteiger partial charge in [0.1, 0.15) is 18.0 Å². The van der Waals surface area contributed by atoms with E-state index in [0.29, 0.717) is 21.0 Å². The normalized spacial score (nSPS) is 28.0. The molecular weight excluding hydrogens is 444 g/mol. The van der Waals surface area contributed by atoms with Crippen LogP contribution in [-0.4, -0.2) is 61.0 Å². The smallest absolute Gasteiger partial charge is 0.164 e. The number of azide groups is 1. The van der Waals surface area contributed by atoms with Crippen molar-refractivity contribution >= 4 is 27.5 Å². The van der Waals surface area contributed by atoms with E-state index in [9.17, 15) is 15.3 Å². The van der Waals surface area contributed by atoms with Crippen molar-refractivity contribution < 1.29 is 20.1 Å². The fourth-order valence-electron chi connectivity index (χ4n) is 2.95. The molecule has 144 valence electrons. The summed E-state index contributed by atoms with van der Waals surface area (Å²) in [5.74, 6) is 0.617. The number of ether oxygens (including phenoxy) is 1. The van der Waals surface area contributed by atoms with E-state index in [0.717, 1.165) is 0 Å². The lowest BCUT2D eigenvalue weighted by Crippen LogP contribution is -2.54. The number of aliphatic hydroxyl groups is 3. The zero-order valence-corrected chi connectivity index (χ0v) is 16.4. The number of hydrogen-bond acceptors (Lipinski definition) is 7. The quantitative estimate of drug-likeness (QED) is 0.361. The molecule has 1 saturated heterocycles. The highest BCUT2D eigenvalue weighted by Gasteiger charge is 2.46. The van der Waals surface area contributed by atoms with Crippen LogP contribution in [0, 0.1) is 6.92 Å². The fraction of sp³-hybridized carbons (Fsp3) is 0.467. The molecule has 1 aromatic heterocycles. The fourth-order valence-corrected chi connectivity index (χ4v) is 3.53. The van der Waals surface area contributed by atoms with Crippen LogP contribution in [0.15, 0.2) is 27.8 Å². The van der Waals surface area contributed by atoms with Crippen LogP contribution >= 0.6 is 27.5 Å². The first-order valence-electron chi connectivity index (χ1n) is 7.93. The third-order valence-electron chi connectivity index (χ3n) is 4.21. The summed E-state index contributed by atoms with van der Waals surface area (Å²) in [6, 6.07) is 3.86. The van der Waals surface area contributed by atoms with Crippen LogP contribution < -0.4 is 0 Å². The molecule has 27 heavy (non-hydrogen) atoms. The van der Waals surface area contributed by atoms with Crippen LogP contribution in [0.2, 0.25) is 5.02 Å². The standard InChI is InChI=1S/C15H16BrClN6O4/c1-6-19-15(23(21-6)9-4-7(17)2-3-8(9)16)14-13(26)11(20-22-18)12(25)10(5-24)27-14/h2-4,10-14,24-26H,5H2,1H3/t10-,11+,12+,13-,14-/m0/s1. The molecule has 0 aliphatic carbocycles. The molecule has 0 saturated carbocycles. The first-order chi connectivity index (χ1) is 12.9. The molecule has 0 unspecified atom stereocenters. The van der Waals surface area contributed by atoms with Gasteiger partial charge >= 0.3 is 0 Å². The van der Waals surface area contributed by atoms with Crippen LogP contribution in [-0.2, 0) is 4.74 Å². The van der Waals surface area contributed by atoms with Gasteiger partial charge in [0.25, 0.3) is 0 Å². The molecule has 3 rings (SSSR count). The maximum atomic E-state index is 10.7. The van der Waals surface area contributed by atoms with Gasteiger partial charge in [0, 0.05) is 14.4 Å². The summed E-state index contributed by atoms with van der Waals surface area (Å²) < 4.78 is 7.78. The Hall–Kier alpha value is -1.72. The van der Waals surface area contributed by atoms with E-state index >= 15 is 0 Å². The van der Waals surface area contributed by atoms with Crippen LogP contribution in [0.1, 0.15) is 17.8 Å². The second-order valence-corrected chi connectivity index (χ2v) is 7.27. The molecule has 1 aliphatic rings. The summed E-state index contributed by atoms with van der Waals surface area (Å²) >= 11 is 9.51. The minimum atomic E-state index is -1.40. The third-order valence-corrected chi connectivity index (χ3v) is 5.11. The Labute approximate surface area is 167 Å². The van der Waals surface area contributed by atoms with E-state index in [2.05, 4.69) is 36.0 Å². The Morgan fingerprint density at radius 2 is 2.15 bits per heavy atom. The highest BCUT2D eigenvalue weighted by molar-refractivity contribution is 9.10. The molecule has 0 bridgehead atoms. The SMILES string of the molecule is Cc1nc([C@H]2O[C@@H](CO)[C@@H](O)[C@@H](N=[N+]=[N-])[C@@H]2O)n(-c2cc(Cl)ccc2Br)n1. The average Bonchev–Trinajstić information content (AvgIpc) is 3.02.